The number of hydrogen-bond acceptors (Lipinski definition) is 5. The molecule has 0 bridgehead atoms. The van der Waals surface area contributed by atoms with Crippen LogP contribution in [-0.4, -0.2) is 44.1 Å². The second-order valence-corrected chi connectivity index (χ2v) is 9.20. The summed E-state index contributed by atoms with van der Waals surface area (Å²) in [6.45, 7) is 0. The van der Waals surface area contributed by atoms with E-state index in [9.17, 15) is 36.1 Å². The second-order valence-electron chi connectivity index (χ2n) is 7.47. The summed E-state index contributed by atoms with van der Waals surface area (Å²) < 4.78 is 79.1. The molecule has 1 heterocycles. The number of carbonyl (C=O) groups excluding carboxylic acids is 2. The molecule has 0 radical (unpaired) electrons. The van der Waals surface area contributed by atoms with Crippen LogP contribution in [0.15, 0.2) is 23.1 Å². The van der Waals surface area contributed by atoms with Gasteiger partial charge in [0.25, 0.3) is 11.8 Å². The summed E-state index contributed by atoms with van der Waals surface area (Å²) >= 11 is 3.57. The Morgan fingerprint density at radius 1 is 1.26 bits per heavy atom. The Kier molecular flexibility index (Phi) is 6.59. The smallest absolute Gasteiger partial charge is 0.460 e. The van der Waals surface area contributed by atoms with Gasteiger partial charge >= 0.3 is 12.1 Å². The van der Waals surface area contributed by atoms with Crippen molar-refractivity contribution in [1.29, 1.82) is 5.26 Å². The van der Waals surface area contributed by atoms with Crippen LogP contribution in [-0.2, 0) is 24.1 Å². The fourth-order valence-corrected chi connectivity index (χ4v) is 4.15. The van der Waals surface area contributed by atoms with E-state index < -0.39 is 56.9 Å². The molecule has 0 aliphatic heterocycles. The number of aromatic nitrogens is 2. The summed E-state index contributed by atoms with van der Waals surface area (Å²) in [5.74, 6) is -7.37. The third-order valence-electron chi connectivity index (χ3n) is 4.95. The Labute approximate surface area is 197 Å². The summed E-state index contributed by atoms with van der Waals surface area (Å²) in [6, 6.07) is 5.58. The molecule has 2 N–H and O–H groups in total. The molecule has 1 aliphatic rings. The molecule has 1 saturated carbocycles. The molecule has 0 spiro atoms. The summed E-state index contributed by atoms with van der Waals surface area (Å²) in [5.41, 5.74) is -3.83. The number of anilines is 1. The van der Waals surface area contributed by atoms with Crippen LogP contribution in [0.4, 0.5) is 27.6 Å². The molecule has 8 nitrogen and oxygen atoms in total. The number of benzene rings is 1. The van der Waals surface area contributed by atoms with Crippen LogP contribution in [0.25, 0.3) is 0 Å². The molecule has 15 heteroatoms. The molecule has 1 aliphatic carbocycles. The predicted molar refractivity (Wildman–Crippen MR) is 110 cm³/mol. The molecule has 3 rings (SSSR count). The minimum absolute atomic E-state index is 0.0211. The fourth-order valence-electron chi connectivity index (χ4n) is 3.01. The van der Waals surface area contributed by atoms with Crippen molar-refractivity contribution in [3.8, 4) is 6.07 Å². The first-order chi connectivity index (χ1) is 15.6. The Balaban J connectivity index is 1.95. The first kappa shape index (κ1) is 25.7. The van der Waals surface area contributed by atoms with Crippen molar-refractivity contribution in [2.45, 2.75) is 35.4 Å². The Morgan fingerprint density at radius 3 is 2.38 bits per heavy atom. The Hall–Kier alpha value is -2.89. The second kappa shape index (κ2) is 8.71. The van der Waals surface area contributed by atoms with E-state index >= 15 is 0 Å². The highest BCUT2D eigenvalue weighted by Crippen LogP contribution is 2.46. The van der Waals surface area contributed by atoms with Gasteiger partial charge in [-0.25, -0.2) is 0 Å². The summed E-state index contributed by atoms with van der Waals surface area (Å²) in [4.78, 5) is 24.2. The van der Waals surface area contributed by atoms with Gasteiger partial charge in [-0.15, -0.1) is 0 Å². The van der Waals surface area contributed by atoms with Crippen LogP contribution in [0, 0.1) is 11.3 Å². The molecular formula is C19H15ClF5N5O3S. The van der Waals surface area contributed by atoms with E-state index in [2.05, 4.69) is 15.7 Å². The summed E-state index contributed by atoms with van der Waals surface area (Å²) in [6.07, 6.45) is -4.31. The maximum absolute atomic E-state index is 14.0. The quantitative estimate of drug-likeness (QED) is 0.443. The average molecular weight is 524 g/mol. The number of aryl methyl sites for hydroxylation is 1. The van der Waals surface area contributed by atoms with Gasteiger partial charge in [-0.3, -0.25) is 14.3 Å². The van der Waals surface area contributed by atoms with Crippen molar-refractivity contribution >= 4 is 40.3 Å². The van der Waals surface area contributed by atoms with Crippen LogP contribution >= 0.6 is 11.6 Å². The first-order valence-corrected chi connectivity index (χ1v) is 11.3. The highest BCUT2D eigenvalue weighted by molar-refractivity contribution is 7.90. The van der Waals surface area contributed by atoms with Crippen LogP contribution in [0.2, 0.25) is 5.02 Å². The third kappa shape index (κ3) is 4.68. The molecular weight excluding hydrogens is 509 g/mol. The van der Waals surface area contributed by atoms with Gasteiger partial charge in [0.2, 0.25) is 4.90 Å². The van der Waals surface area contributed by atoms with Gasteiger partial charge < -0.3 is 15.2 Å². The van der Waals surface area contributed by atoms with Crippen molar-refractivity contribution in [3.63, 3.8) is 0 Å². The monoisotopic (exact) mass is 523 g/mol. The van der Waals surface area contributed by atoms with Crippen LogP contribution in [0.5, 0.6) is 0 Å². The van der Waals surface area contributed by atoms with E-state index in [1.54, 1.807) is 0 Å². The number of alkyl halides is 5. The molecule has 1 atom stereocenters. The van der Waals surface area contributed by atoms with Gasteiger partial charge in [0.05, 0.1) is 16.7 Å². The van der Waals surface area contributed by atoms with Crippen LogP contribution < -0.4 is 10.6 Å². The lowest BCUT2D eigenvalue weighted by Crippen LogP contribution is -2.35. The van der Waals surface area contributed by atoms with Gasteiger partial charge in [-0.2, -0.15) is 32.3 Å². The number of nitrogens with zero attached hydrogens (tertiary/aromatic N) is 3. The maximum Gasteiger partial charge on any atom is 0.460 e. The van der Waals surface area contributed by atoms with E-state index in [4.69, 9.17) is 16.9 Å². The molecule has 1 aromatic heterocycles. The van der Waals surface area contributed by atoms with Crippen LogP contribution in [0.3, 0.4) is 0 Å². The molecule has 2 amide bonds. The normalized spacial score (nSPS) is 15.9. The van der Waals surface area contributed by atoms with E-state index in [1.165, 1.54) is 12.1 Å². The van der Waals surface area contributed by atoms with E-state index in [0.29, 0.717) is 17.5 Å². The lowest BCUT2D eigenvalue weighted by atomic mass is 10.1. The number of nitriles is 1. The zero-order chi connectivity index (χ0) is 25.6. The van der Waals surface area contributed by atoms with Gasteiger partial charge in [0, 0.05) is 12.7 Å². The fraction of sp³-hybridized carbons (Fsp3) is 0.368. The number of hydrogen-bond donors (Lipinski definition) is 2. The lowest BCUT2D eigenvalue weighted by Gasteiger charge is -2.18. The van der Waals surface area contributed by atoms with Gasteiger partial charge in [0.1, 0.15) is 11.8 Å². The van der Waals surface area contributed by atoms with Gasteiger partial charge in [-0.1, -0.05) is 11.6 Å². The predicted octanol–water partition coefficient (Wildman–Crippen LogP) is 3.50. The molecule has 1 unspecified atom stereocenters. The number of carbonyl (C=O) groups is 2. The molecule has 34 heavy (non-hydrogen) atoms. The zero-order valence-electron chi connectivity index (χ0n) is 17.4. The molecule has 0 saturated heterocycles. The Bertz CT molecular complexity index is 1200. The molecule has 182 valence electrons. The van der Waals surface area contributed by atoms with Crippen molar-refractivity contribution in [3.05, 3.63) is 40.2 Å². The summed E-state index contributed by atoms with van der Waals surface area (Å²) in [5, 5.41) is 17.0. The molecule has 2 aromatic rings. The zero-order valence-corrected chi connectivity index (χ0v) is 19.0. The van der Waals surface area contributed by atoms with Gasteiger partial charge in [0.15, 0.2) is 11.4 Å². The Morgan fingerprint density at radius 2 is 1.88 bits per heavy atom. The maximum atomic E-state index is 14.0. The SMILES string of the molecule is Cn1nc(C(F)(F)C(F)(F)F)c([S+](C)[O-])c1C(=O)Nc1ccc(Cl)c(C(=O)NC2(C#N)CC2)c1. The first-order valence-electron chi connectivity index (χ1n) is 9.33. The van der Waals surface area contributed by atoms with Crippen molar-refractivity contribution in [1.82, 2.24) is 15.1 Å². The number of rotatable bonds is 6. The number of halogens is 6. The molecule has 1 fully saturated rings. The molecule has 1 aromatic carbocycles. The van der Waals surface area contributed by atoms with E-state index in [1.807, 2.05) is 6.07 Å². The van der Waals surface area contributed by atoms with Gasteiger partial charge in [-0.05, 0) is 42.2 Å². The standard InChI is InChI=1S/C19H15ClF5N5O3S/c1-30-12(13(34(2)33)14(29-30)18(21,22)19(23,24)25)16(32)27-9-3-4-11(20)10(7-9)15(31)28-17(8-26)5-6-17/h3-4,7H,5-6H2,1-2H3,(H,27,32)(H,28,31). The largest absolute Gasteiger partial charge is 0.612 e. The number of nitrogens with one attached hydrogen (secondary N) is 2. The van der Waals surface area contributed by atoms with Crippen molar-refractivity contribution < 1.29 is 36.1 Å². The highest BCUT2D eigenvalue weighted by Gasteiger charge is 2.63. The van der Waals surface area contributed by atoms with E-state index in [0.717, 1.165) is 19.4 Å². The minimum Gasteiger partial charge on any atom is -0.612 e. The summed E-state index contributed by atoms with van der Waals surface area (Å²) in [7, 11) is 0.943. The van der Waals surface area contributed by atoms with Crippen molar-refractivity contribution in [2.24, 2.45) is 7.05 Å². The minimum atomic E-state index is -6.04. The van der Waals surface area contributed by atoms with E-state index in [-0.39, 0.29) is 16.3 Å². The topological polar surface area (TPSA) is 123 Å². The van der Waals surface area contributed by atoms with Crippen molar-refractivity contribution in [2.75, 3.05) is 11.6 Å². The third-order valence-corrected chi connectivity index (χ3v) is 6.24. The lowest BCUT2D eigenvalue weighted by molar-refractivity contribution is -0.292. The van der Waals surface area contributed by atoms with Crippen LogP contribution in [0.1, 0.15) is 39.4 Å². The highest BCUT2D eigenvalue weighted by atomic mass is 35.5. The number of amides is 2. The average Bonchev–Trinajstić information content (AvgIpc) is 3.40.